The van der Waals surface area contributed by atoms with Gasteiger partial charge in [0.2, 0.25) is 0 Å². The van der Waals surface area contributed by atoms with Crippen LogP contribution < -0.4 is 10.6 Å². The zero-order valence-electron chi connectivity index (χ0n) is 11.0. The predicted molar refractivity (Wildman–Crippen MR) is 69.5 cm³/mol. The third-order valence-corrected chi connectivity index (χ3v) is 3.24. The fourth-order valence-corrected chi connectivity index (χ4v) is 2.03. The zero-order valence-corrected chi connectivity index (χ0v) is 11.0. The van der Waals surface area contributed by atoms with Crippen molar-refractivity contribution in [2.24, 2.45) is 0 Å². The molecule has 0 aliphatic carbocycles. The monoisotopic (exact) mass is 287 g/mol. The second-order valence-electron chi connectivity index (χ2n) is 4.61. The van der Waals surface area contributed by atoms with Gasteiger partial charge in [0.15, 0.2) is 0 Å². The Morgan fingerprint density at radius 1 is 1.45 bits per heavy atom. The molecule has 1 fully saturated rings. The van der Waals surface area contributed by atoms with E-state index in [9.17, 15) is 18.0 Å². The number of benzene rings is 1. The van der Waals surface area contributed by atoms with Gasteiger partial charge in [-0.25, -0.2) is 4.79 Å². The first-order chi connectivity index (χ1) is 9.41. The topological polar surface area (TPSA) is 44.4 Å². The number of likely N-dealkylation sites (N-methyl/N-ethyl adjacent to an activating group) is 1. The van der Waals surface area contributed by atoms with Gasteiger partial charge in [0, 0.05) is 25.3 Å². The molecule has 1 aromatic rings. The number of amides is 2. The molecule has 7 heteroatoms. The van der Waals surface area contributed by atoms with Crippen molar-refractivity contribution in [2.75, 3.05) is 25.0 Å². The third kappa shape index (κ3) is 3.22. The van der Waals surface area contributed by atoms with E-state index in [1.165, 1.54) is 12.1 Å². The maximum atomic E-state index is 12.6. The highest BCUT2D eigenvalue weighted by Gasteiger charge is 2.31. The Hall–Kier alpha value is -1.76. The SMILES string of the molecule is CCN(C(=O)Nc1cccc(C(F)(F)F)c1)C1CNC1. The van der Waals surface area contributed by atoms with Crippen LogP contribution in [-0.4, -0.2) is 36.6 Å². The fraction of sp³-hybridized carbons (Fsp3) is 0.462. The average Bonchev–Trinajstić information content (AvgIpc) is 2.32. The van der Waals surface area contributed by atoms with Crippen molar-refractivity contribution in [1.82, 2.24) is 10.2 Å². The number of hydrogen-bond donors (Lipinski definition) is 2. The highest BCUT2D eigenvalue weighted by Crippen LogP contribution is 2.30. The molecule has 0 atom stereocenters. The maximum absolute atomic E-state index is 12.6. The summed E-state index contributed by atoms with van der Waals surface area (Å²) in [5.41, 5.74) is -0.626. The van der Waals surface area contributed by atoms with Gasteiger partial charge in [0.05, 0.1) is 11.6 Å². The van der Waals surface area contributed by atoms with Crippen LogP contribution in [0.25, 0.3) is 0 Å². The van der Waals surface area contributed by atoms with E-state index in [0.29, 0.717) is 19.6 Å². The lowest BCUT2D eigenvalue weighted by atomic mass is 10.1. The predicted octanol–water partition coefficient (Wildman–Crippen LogP) is 2.53. The van der Waals surface area contributed by atoms with Crippen molar-refractivity contribution in [3.8, 4) is 0 Å². The number of alkyl halides is 3. The van der Waals surface area contributed by atoms with Gasteiger partial charge in [-0.05, 0) is 25.1 Å². The molecule has 2 N–H and O–H groups in total. The van der Waals surface area contributed by atoms with Crippen molar-refractivity contribution in [1.29, 1.82) is 0 Å². The van der Waals surface area contributed by atoms with Crippen LogP contribution in [0.1, 0.15) is 12.5 Å². The van der Waals surface area contributed by atoms with Gasteiger partial charge in [-0.2, -0.15) is 13.2 Å². The first-order valence-corrected chi connectivity index (χ1v) is 6.37. The first kappa shape index (κ1) is 14.6. The third-order valence-electron chi connectivity index (χ3n) is 3.24. The van der Waals surface area contributed by atoms with Gasteiger partial charge < -0.3 is 15.5 Å². The van der Waals surface area contributed by atoms with E-state index in [2.05, 4.69) is 10.6 Å². The molecule has 2 amide bonds. The lowest BCUT2D eigenvalue weighted by molar-refractivity contribution is -0.137. The van der Waals surface area contributed by atoms with Crippen LogP contribution in [0.2, 0.25) is 0 Å². The molecule has 0 spiro atoms. The molecular weight excluding hydrogens is 271 g/mol. The smallest absolute Gasteiger partial charge is 0.319 e. The average molecular weight is 287 g/mol. The number of urea groups is 1. The number of halogens is 3. The van der Waals surface area contributed by atoms with Crippen LogP contribution in [0.15, 0.2) is 24.3 Å². The largest absolute Gasteiger partial charge is 0.416 e. The highest BCUT2D eigenvalue weighted by molar-refractivity contribution is 5.89. The second kappa shape index (κ2) is 5.70. The first-order valence-electron chi connectivity index (χ1n) is 6.37. The molecule has 0 saturated carbocycles. The minimum atomic E-state index is -4.41. The summed E-state index contributed by atoms with van der Waals surface area (Å²) in [7, 11) is 0. The molecule has 1 aromatic carbocycles. The number of carbonyl (C=O) groups is 1. The lowest BCUT2D eigenvalue weighted by Crippen LogP contribution is -2.59. The summed E-state index contributed by atoms with van der Waals surface area (Å²) in [5.74, 6) is 0. The number of rotatable bonds is 3. The normalized spacial score (nSPS) is 15.6. The summed E-state index contributed by atoms with van der Waals surface area (Å²) < 4.78 is 37.8. The summed E-state index contributed by atoms with van der Waals surface area (Å²) in [6, 6.07) is 4.36. The van der Waals surface area contributed by atoms with E-state index < -0.39 is 11.7 Å². The number of nitrogens with one attached hydrogen (secondary N) is 2. The minimum absolute atomic E-state index is 0.103. The van der Waals surface area contributed by atoms with E-state index in [-0.39, 0.29) is 17.8 Å². The van der Waals surface area contributed by atoms with Gasteiger partial charge in [-0.1, -0.05) is 6.07 Å². The standard InChI is InChI=1S/C13H16F3N3O/c1-2-19(11-7-17-8-11)12(20)18-10-5-3-4-9(6-10)13(14,15)16/h3-6,11,17H,2,7-8H2,1H3,(H,18,20). The van der Waals surface area contributed by atoms with E-state index >= 15 is 0 Å². The van der Waals surface area contributed by atoms with Gasteiger partial charge in [0.25, 0.3) is 0 Å². The van der Waals surface area contributed by atoms with Crippen molar-refractivity contribution in [2.45, 2.75) is 19.1 Å². The molecule has 1 aliphatic heterocycles. The van der Waals surface area contributed by atoms with Gasteiger partial charge in [-0.3, -0.25) is 0 Å². The van der Waals surface area contributed by atoms with Gasteiger partial charge in [0.1, 0.15) is 0 Å². The molecule has 4 nitrogen and oxygen atoms in total. The van der Waals surface area contributed by atoms with Crippen LogP contribution in [0, 0.1) is 0 Å². The molecule has 1 aliphatic rings. The van der Waals surface area contributed by atoms with Crippen LogP contribution >= 0.6 is 0 Å². The molecule has 1 heterocycles. The molecule has 0 bridgehead atoms. The van der Waals surface area contributed by atoms with Crippen molar-refractivity contribution >= 4 is 11.7 Å². The van der Waals surface area contributed by atoms with Crippen LogP contribution in [0.3, 0.4) is 0 Å². The van der Waals surface area contributed by atoms with Gasteiger partial charge in [-0.15, -0.1) is 0 Å². The summed E-state index contributed by atoms with van der Waals surface area (Å²) in [6.45, 7) is 3.77. The van der Waals surface area contributed by atoms with E-state index in [0.717, 1.165) is 12.1 Å². The summed E-state index contributed by atoms with van der Waals surface area (Å²) >= 11 is 0. The van der Waals surface area contributed by atoms with Crippen LogP contribution in [0.4, 0.5) is 23.7 Å². The highest BCUT2D eigenvalue weighted by atomic mass is 19.4. The molecule has 0 radical (unpaired) electrons. The Kier molecular flexibility index (Phi) is 4.17. The number of nitrogens with zero attached hydrogens (tertiary/aromatic N) is 1. The maximum Gasteiger partial charge on any atom is 0.416 e. The van der Waals surface area contributed by atoms with Crippen molar-refractivity contribution < 1.29 is 18.0 Å². The number of carbonyl (C=O) groups excluding carboxylic acids is 1. The molecule has 2 rings (SSSR count). The summed E-state index contributed by atoms with van der Waals surface area (Å²) in [6.07, 6.45) is -4.41. The Bertz CT molecular complexity index is 486. The Labute approximate surface area is 114 Å². The van der Waals surface area contributed by atoms with E-state index in [1.807, 2.05) is 6.92 Å². The second-order valence-corrected chi connectivity index (χ2v) is 4.61. The quantitative estimate of drug-likeness (QED) is 0.897. The molecule has 20 heavy (non-hydrogen) atoms. The summed E-state index contributed by atoms with van der Waals surface area (Å²) in [4.78, 5) is 13.7. The van der Waals surface area contributed by atoms with Gasteiger partial charge >= 0.3 is 12.2 Å². The summed E-state index contributed by atoms with van der Waals surface area (Å²) in [5, 5.41) is 5.57. The Morgan fingerprint density at radius 3 is 2.65 bits per heavy atom. The lowest BCUT2D eigenvalue weighted by Gasteiger charge is -2.37. The molecule has 110 valence electrons. The van der Waals surface area contributed by atoms with Crippen molar-refractivity contribution in [3.05, 3.63) is 29.8 Å². The Morgan fingerprint density at radius 2 is 2.15 bits per heavy atom. The molecular formula is C13H16F3N3O. The molecule has 0 aromatic heterocycles. The zero-order chi connectivity index (χ0) is 14.8. The van der Waals surface area contributed by atoms with Crippen LogP contribution in [0.5, 0.6) is 0 Å². The van der Waals surface area contributed by atoms with E-state index in [4.69, 9.17) is 0 Å². The number of anilines is 1. The molecule has 0 unspecified atom stereocenters. The molecule has 1 saturated heterocycles. The fourth-order valence-electron chi connectivity index (χ4n) is 2.03. The minimum Gasteiger partial charge on any atom is -0.319 e. The van der Waals surface area contributed by atoms with Crippen molar-refractivity contribution in [3.63, 3.8) is 0 Å². The Balaban J connectivity index is 2.07. The number of hydrogen-bond acceptors (Lipinski definition) is 2. The van der Waals surface area contributed by atoms with E-state index in [1.54, 1.807) is 4.90 Å². The van der Waals surface area contributed by atoms with Crippen LogP contribution in [-0.2, 0) is 6.18 Å².